The number of fused-ring (bicyclic) bond motifs is 7. The van der Waals surface area contributed by atoms with Crippen LogP contribution in [-0.4, -0.2) is 147 Å². The van der Waals surface area contributed by atoms with E-state index in [0.717, 1.165) is 51.4 Å². The van der Waals surface area contributed by atoms with Crippen molar-refractivity contribution in [2.24, 2.45) is 52.3 Å². The lowest BCUT2D eigenvalue weighted by Crippen LogP contribution is -2.65. The number of rotatable bonds is 10. The van der Waals surface area contributed by atoms with Crippen LogP contribution in [0.3, 0.4) is 0 Å². The minimum atomic E-state index is -1.73. The van der Waals surface area contributed by atoms with Gasteiger partial charge in [0.05, 0.1) is 31.5 Å². The summed E-state index contributed by atoms with van der Waals surface area (Å²) in [6, 6.07) is 0. The number of aliphatic hydroxyl groups excluding tert-OH is 8. The molecule has 3 aliphatic heterocycles. The SMILES string of the molecule is CO[C@]1(CCC(C)C)O[C@H]2[C@H](O)[C@H]3[C@@H]4CC[C@@H]5C[C@@H](O[C@@H]6O[C@H](CO)[C@H](O)[C@H](O)[C@H]6O[C@@H]6O[C@H](CO)[C@@H](O)[C@H](O)[C@H]6O)CC[C@]5(C)[C@H]4CC[C@]3(C)[C@H]2[C@@H]1C. The molecule has 22 atom stereocenters. The number of methoxy groups -OCH3 is 1. The van der Waals surface area contributed by atoms with Crippen molar-refractivity contribution in [1.82, 2.24) is 0 Å². The topological polar surface area (TPSA) is 217 Å². The molecule has 4 aliphatic carbocycles. The predicted octanol–water partition coefficient (Wildman–Crippen LogP) is 1.05. The van der Waals surface area contributed by atoms with Crippen molar-refractivity contribution >= 4 is 0 Å². The van der Waals surface area contributed by atoms with Gasteiger partial charge in [-0.3, -0.25) is 0 Å². The summed E-state index contributed by atoms with van der Waals surface area (Å²) in [6.45, 7) is 10.3. The van der Waals surface area contributed by atoms with Crippen molar-refractivity contribution in [3.63, 3.8) is 0 Å². The molecule has 0 aromatic heterocycles. The van der Waals surface area contributed by atoms with Crippen LogP contribution in [0, 0.1) is 52.3 Å². The average molecular weight is 773 g/mol. The first-order valence-electron chi connectivity index (χ1n) is 20.7. The van der Waals surface area contributed by atoms with E-state index in [0.29, 0.717) is 30.1 Å². The largest absolute Gasteiger partial charge is 0.394 e. The number of aliphatic hydroxyl groups is 8. The van der Waals surface area contributed by atoms with E-state index in [4.69, 9.17) is 28.4 Å². The highest BCUT2D eigenvalue weighted by Gasteiger charge is 2.72. The molecule has 0 aromatic rings. The van der Waals surface area contributed by atoms with Crippen LogP contribution in [0.2, 0.25) is 0 Å². The van der Waals surface area contributed by atoms with Gasteiger partial charge in [-0.05, 0) is 91.8 Å². The maximum Gasteiger partial charge on any atom is 0.187 e. The lowest BCUT2D eigenvalue weighted by molar-refractivity contribution is -0.373. The molecule has 14 nitrogen and oxygen atoms in total. The Bertz CT molecular complexity index is 1290. The fourth-order valence-electron chi connectivity index (χ4n) is 13.0. The zero-order valence-corrected chi connectivity index (χ0v) is 32.9. The van der Waals surface area contributed by atoms with Crippen molar-refractivity contribution in [3.8, 4) is 0 Å². The van der Waals surface area contributed by atoms with Crippen LogP contribution in [0.25, 0.3) is 0 Å². The molecule has 0 radical (unpaired) electrons. The van der Waals surface area contributed by atoms with Gasteiger partial charge < -0.3 is 69.3 Å². The first-order valence-corrected chi connectivity index (χ1v) is 20.7. The van der Waals surface area contributed by atoms with Crippen molar-refractivity contribution in [2.75, 3.05) is 20.3 Å². The Kier molecular flexibility index (Phi) is 12.0. The van der Waals surface area contributed by atoms with Crippen molar-refractivity contribution in [3.05, 3.63) is 0 Å². The van der Waals surface area contributed by atoms with Crippen LogP contribution in [-0.2, 0) is 28.4 Å². The molecule has 312 valence electrons. The minimum absolute atomic E-state index is 0.0323. The van der Waals surface area contributed by atoms with Crippen LogP contribution < -0.4 is 0 Å². The lowest BCUT2D eigenvalue weighted by atomic mass is 9.44. The number of hydrogen-bond acceptors (Lipinski definition) is 14. The highest BCUT2D eigenvalue weighted by atomic mass is 16.8. The molecule has 4 saturated carbocycles. The quantitative estimate of drug-likeness (QED) is 0.146. The molecule has 14 heteroatoms. The van der Waals surface area contributed by atoms with Gasteiger partial charge in [-0.2, -0.15) is 0 Å². The van der Waals surface area contributed by atoms with E-state index < -0.39 is 86.5 Å². The van der Waals surface area contributed by atoms with Crippen molar-refractivity contribution < 1.29 is 69.3 Å². The van der Waals surface area contributed by atoms with E-state index in [1.165, 1.54) is 0 Å². The summed E-state index contributed by atoms with van der Waals surface area (Å²) in [6.07, 6.45) is -7.60. The summed E-state index contributed by atoms with van der Waals surface area (Å²) in [5.74, 6) is 1.58. The summed E-state index contributed by atoms with van der Waals surface area (Å²) in [4.78, 5) is 0. The van der Waals surface area contributed by atoms with Crippen LogP contribution in [0.5, 0.6) is 0 Å². The van der Waals surface area contributed by atoms with Crippen LogP contribution in [0.1, 0.15) is 92.4 Å². The summed E-state index contributed by atoms with van der Waals surface area (Å²) in [5, 5.41) is 84.9. The highest BCUT2D eigenvalue weighted by molar-refractivity contribution is 5.18. The summed E-state index contributed by atoms with van der Waals surface area (Å²) in [5.41, 5.74) is -0.0141. The number of hydrogen-bond donors (Lipinski definition) is 8. The predicted molar refractivity (Wildman–Crippen MR) is 191 cm³/mol. The molecule has 0 aromatic carbocycles. The van der Waals surface area contributed by atoms with Gasteiger partial charge in [0.2, 0.25) is 0 Å². The van der Waals surface area contributed by atoms with Gasteiger partial charge in [0.1, 0.15) is 48.8 Å². The molecule has 0 unspecified atom stereocenters. The normalized spacial score (nSPS) is 55.9. The summed E-state index contributed by atoms with van der Waals surface area (Å²) >= 11 is 0. The molecular weight excluding hydrogens is 704 g/mol. The van der Waals surface area contributed by atoms with Gasteiger partial charge in [0.15, 0.2) is 18.4 Å². The Labute approximate surface area is 319 Å². The van der Waals surface area contributed by atoms with E-state index in [9.17, 15) is 40.9 Å². The van der Waals surface area contributed by atoms with E-state index in [1.807, 2.05) is 0 Å². The van der Waals surface area contributed by atoms with Gasteiger partial charge in [-0.15, -0.1) is 0 Å². The molecule has 0 bridgehead atoms. The van der Waals surface area contributed by atoms with Crippen molar-refractivity contribution in [2.45, 2.75) is 178 Å². The maximum atomic E-state index is 12.2. The first kappa shape index (κ1) is 41.6. The van der Waals surface area contributed by atoms with Gasteiger partial charge in [-0.25, -0.2) is 0 Å². The molecule has 3 saturated heterocycles. The summed E-state index contributed by atoms with van der Waals surface area (Å²) < 4.78 is 37.0. The summed E-state index contributed by atoms with van der Waals surface area (Å²) in [7, 11) is 1.76. The average Bonchev–Trinajstić information content (AvgIpc) is 3.57. The van der Waals surface area contributed by atoms with Gasteiger partial charge in [0, 0.05) is 25.4 Å². The molecule has 8 N–H and O–H groups in total. The smallest absolute Gasteiger partial charge is 0.187 e. The Morgan fingerprint density at radius 3 is 2.02 bits per heavy atom. The third-order valence-corrected chi connectivity index (χ3v) is 16.0. The fourth-order valence-corrected chi connectivity index (χ4v) is 13.0. The van der Waals surface area contributed by atoms with E-state index in [2.05, 4.69) is 34.6 Å². The molecule has 0 spiro atoms. The van der Waals surface area contributed by atoms with Crippen LogP contribution in [0.15, 0.2) is 0 Å². The second-order valence-corrected chi connectivity index (χ2v) is 19.0. The zero-order valence-electron chi connectivity index (χ0n) is 32.9. The van der Waals surface area contributed by atoms with E-state index in [1.54, 1.807) is 7.11 Å². The Hall–Kier alpha value is -0.560. The molecule has 7 aliphatic rings. The zero-order chi connectivity index (χ0) is 39.1. The first-order chi connectivity index (χ1) is 25.5. The molecule has 0 amide bonds. The van der Waals surface area contributed by atoms with Crippen molar-refractivity contribution in [1.29, 1.82) is 0 Å². The molecular formula is C40H68O14. The van der Waals surface area contributed by atoms with Crippen LogP contribution in [0.4, 0.5) is 0 Å². The second-order valence-electron chi connectivity index (χ2n) is 19.0. The Morgan fingerprint density at radius 2 is 1.37 bits per heavy atom. The monoisotopic (exact) mass is 772 g/mol. The third kappa shape index (κ3) is 6.64. The molecule has 7 rings (SSSR count). The van der Waals surface area contributed by atoms with Gasteiger partial charge in [-0.1, -0.05) is 34.6 Å². The maximum absolute atomic E-state index is 12.2. The van der Waals surface area contributed by atoms with E-state index >= 15 is 0 Å². The highest BCUT2D eigenvalue weighted by Crippen LogP contribution is 2.71. The lowest BCUT2D eigenvalue weighted by Gasteiger charge is -2.61. The molecule has 54 heavy (non-hydrogen) atoms. The Balaban J connectivity index is 1.04. The molecule has 3 heterocycles. The second kappa shape index (κ2) is 15.6. The molecule has 7 fully saturated rings. The van der Waals surface area contributed by atoms with Gasteiger partial charge >= 0.3 is 0 Å². The van der Waals surface area contributed by atoms with Crippen LogP contribution >= 0.6 is 0 Å². The fraction of sp³-hybridized carbons (Fsp3) is 1.00. The minimum Gasteiger partial charge on any atom is -0.394 e. The third-order valence-electron chi connectivity index (χ3n) is 16.0. The standard InChI is InChI=1S/C40H68O14/c1-18(2)9-14-40(49-6)19(3)26-34(54-40)30(45)27-22-8-7-20-15-21(10-12-38(20,4)23(22)11-13-39(26,27)5)50-37-35(32(47)29(44)25(17-42)52-37)53-36-33(48)31(46)28(43)24(16-41)51-36/h18-37,41-48H,7-17H2,1-6H3/t19-,20+,21-,22+,23-,24+,25+,26-,27+,28+,29-,30+,31-,32-,33+,34+,35+,36-,37+,38-,39+,40+/m0/s1. The van der Waals surface area contributed by atoms with E-state index in [-0.39, 0.29) is 40.8 Å². The van der Waals surface area contributed by atoms with Gasteiger partial charge in [0.25, 0.3) is 0 Å². The number of ether oxygens (including phenoxy) is 6. The Morgan fingerprint density at radius 1 is 0.722 bits per heavy atom.